The van der Waals surface area contributed by atoms with Crippen molar-refractivity contribution in [2.45, 2.75) is 12.1 Å². The van der Waals surface area contributed by atoms with Gasteiger partial charge in [0.1, 0.15) is 11.4 Å². The largest absolute Gasteiger partial charge is 0.495 e. The number of rotatable bonds is 4. The first-order valence-corrected chi connectivity index (χ1v) is 5.50. The normalized spacial score (nSPS) is 24.4. The molecule has 16 heavy (non-hydrogen) atoms. The second-order valence-electron chi connectivity index (χ2n) is 4.13. The number of nitrogens with one attached hydrogen (secondary N) is 2. The molecular weight excluding hydrogens is 207 g/mol. The molecule has 1 saturated heterocycles. The van der Waals surface area contributed by atoms with Gasteiger partial charge >= 0.3 is 0 Å². The lowest BCUT2D eigenvalue weighted by molar-refractivity contribution is 0.207. The van der Waals surface area contributed by atoms with Crippen LogP contribution in [0, 0.1) is 0 Å². The van der Waals surface area contributed by atoms with Gasteiger partial charge < -0.3 is 15.4 Å². The molecule has 1 aliphatic heterocycles. The summed E-state index contributed by atoms with van der Waals surface area (Å²) in [6, 6.07) is 7.56. The van der Waals surface area contributed by atoms with Gasteiger partial charge in [-0.2, -0.15) is 0 Å². The van der Waals surface area contributed by atoms with Crippen LogP contribution >= 0.6 is 0 Å². The van der Waals surface area contributed by atoms with Gasteiger partial charge in [-0.25, -0.2) is 4.39 Å². The van der Waals surface area contributed by atoms with E-state index in [-0.39, 0.29) is 0 Å². The third-order valence-corrected chi connectivity index (χ3v) is 2.89. The quantitative estimate of drug-likeness (QED) is 0.818. The van der Waals surface area contributed by atoms with Crippen molar-refractivity contribution in [2.75, 3.05) is 32.1 Å². The molecule has 1 heterocycles. The van der Waals surface area contributed by atoms with Gasteiger partial charge in [0.15, 0.2) is 0 Å². The molecule has 2 rings (SSSR count). The Morgan fingerprint density at radius 1 is 1.50 bits per heavy atom. The Balaban J connectivity index is 1.98. The molecule has 0 spiro atoms. The van der Waals surface area contributed by atoms with Crippen LogP contribution in [0.2, 0.25) is 0 Å². The monoisotopic (exact) mass is 224 g/mol. The van der Waals surface area contributed by atoms with Crippen LogP contribution in [0.15, 0.2) is 24.3 Å². The zero-order valence-electron chi connectivity index (χ0n) is 9.42. The lowest BCUT2D eigenvalue weighted by atomic mass is 10.1. The Kier molecular flexibility index (Phi) is 3.29. The summed E-state index contributed by atoms with van der Waals surface area (Å²) < 4.78 is 19.3. The summed E-state index contributed by atoms with van der Waals surface area (Å²) in [6.07, 6.45) is 0.565. The predicted molar refractivity (Wildman–Crippen MR) is 62.8 cm³/mol. The van der Waals surface area contributed by atoms with Crippen molar-refractivity contribution in [3.63, 3.8) is 0 Å². The summed E-state index contributed by atoms with van der Waals surface area (Å²) in [6.45, 7) is 1.50. The molecule has 4 heteroatoms. The van der Waals surface area contributed by atoms with E-state index < -0.39 is 5.67 Å². The van der Waals surface area contributed by atoms with Gasteiger partial charge in [-0.3, -0.25) is 0 Å². The van der Waals surface area contributed by atoms with Gasteiger partial charge in [-0.15, -0.1) is 0 Å². The third kappa shape index (κ3) is 2.44. The van der Waals surface area contributed by atoms with E-state index in [4.69, 9.17) is 4.74 Å². The van der Waals surface area contributed by atoms with Crippen LogP contribution in [0.5, 0.6) is 5.75 Å². The summed E-state index contributed by atoms with van der Waals surface area (Å²) >= 11 is 0. The molecule has 1 aromatic carbocycles. The van der Waals surface area contributed by atoms with E-state index in [1.54, 1.807) is 7.11 Å². The average molecular weight is 224 g/mol. The van der Waals surface area contributed by atoms with Crippen LogP contribution in [0.4, 0.5) is 10.1 Å². The molecule has 1 aromatic rings. The maximum Gasteiger partial charge on any atom is 0.141 e. The van der Waals surface area contributed by atoms with Gasteiger partial charge in [0.2, 0.25) is 0 Å². The van der Waals surface area contributed by atoms with Crippen LogP contribution in [-0.4, -0.2) is 32.4 Å². The van der Waals surface area contributed by atoms with Crippen LogP contribution in [0.3, 0.4) is 0 Å². The van der Waals surface area contributed by atoms with Gasteiger partial charge in [0, 0.05) is 6.54 Å². The highest BCUT2D eigenvalue weighted by atomic mass is 19.1. The second kappa shape index (κ2) is 4.70. The minimum Gasteiger partial charge on any atom is -0.495 e. The third-order valence-electron chi connectivity index (χ3n) is 2.89. The topological polar surface area (TPSA) is 33.3 Å². The minimum atomic E-state index is -1.14. The van der Waals surface area contributed by atoms with Crippen LogP contribution < -0.4 is 15.4 Å². The van der Waals surface area contributed by atoms with E-state index in [0.717, 1.165) is 18.0 Å². The summed E-state index contributed by atoms with van der Waals surface area (Å²) in [5, 5.41) is 6.14. The molecule has 0 aromatic heterocycles. The van der Waals surface area contributed by atoms with Gasteiger partial charge in [0.05, 0.1) is 19.3 Å². The van der Waals surface area contributed by atoms with E-state index in [2.05, 4.69) is 10.6 Å². The maximum absolute atomic E-state index is 14.1. The van der Waals surface area contributed by atoms with Crippen molar-refractivity contribution in [1.82, 2.24) is 5.32 Å². The maximum atomic E-state index is 14.1. The highest BCUT2D eigenvalue weighted by molar-refractivity contribution is 5.56. The molecule has 1 atom stereocenters. The first kappa shape index (κ1) is 11.2. The molecule has 1 fully saturated rings. The smallest absolute Gasteiger partial charge is 0.141 e. The fourth-order valence-corrected chi connectivity index (χ4v) is 1.91. The molecule has 1 unspecified atom stereocenters. The number of anilines is 1. The van der Waals surface area contributed by atoms with Crippen molar-refractivity contribution >= 4 is 5.69 Å². The SMILES string of the molecule is COc1ccccc1NCC1(F)CCNC1. The number of ether oxygens (including phenoxy) is 1. The summed E-state index contributed by atoms with van der Waals surface area (Å²) in [5.41, 5.74) is -0.296. The first-order chi connectivity index (χ1) is 7.73. The lowest BCUT2D eigenvalue weighted by Crippen LogP contribution is -2.34. The molecule has 0 aliphatic carbocycles. The Hall–Kier alpha value is -1.29. The summed E-state index contributed by atoms with van der Waals surface area (Å²) in [4.78, 5) is 0. The molecule has 3 nitrogen and oxygen atoms in total. The number of alkyl halides is 1. The van der Waals surface area contributed by atoms with Gasteiger partial charge in [-0.1, -0.05) is 12.1 Å². The fraction of sp³-hybridized carbons (Fsp3) is 0.500. The highest BCUT2D eigenvalue weighted by Gasteiger charge is 2.33. The second-order valence-corrected chi connectivity index (χ2v) is 4.13. The van der Waals surface area contributed by atoms with Crippen molar-refractivity contribution in [1.29, 1.82) is 0 Å². The summed E-state index contributed by atoms with van der Waals surface area (Å²) in [5.74, 6) is 0.747. The average Bonchev–Trinajstić information content (AvgIpc) is 2.74. The number of benzene rings is 1. The number of para-hydroxylation sites is 2. The Morgan fingerprint density at radius 2 is 2.31 bits per heavy atom. The molecule has 0 amide bonds. The molecule has 1 aliphatic rings. The Bertz CT molecular complexity index is 351. The van der Waals surface area contributed by atoms with Crippen LogP contribution in [0.25, 0.3) is 0 Å². The molecule has 0 radical (unpaired) electrons. The summed E-state index contributed by atoms with van der Waals surface area (Å²) in [7, 11) is 1.61. The molecule has 2 N–H and O–H groups in total. The van der Waals surface area contributed by atoms with E-state index in [0.29, 0.717) is 19.5 Å². The van der Waals surface area contributed by atoms with E-state index >= 15 is 0 Å². The van der Waals surface area contributed by atoms with E-state index in [9.17, 15) is 4.39 Å². The molecular formula is C12H17FN2O. The highest BCUT2D eigenvalue weighted by Crippen LogP contribution is 2.26. The zero-order valence-corrected chi connectivity index (χ0v) is 9.42. The van der Waals surface area contributed by atoms with Crippen LogP contribution in [0.1, 0.15) is 6.42 Å². The number of hydrogen-bond donors (Lipinski definition) is 2. The van der Waals surface area contributed by atoms with Crippen LogP contribution in [-0.2, 0) is 0 Å². The van der Waals surface area contributed by atoms with E-state index in [1.807, 2.05) is 24.3 Å². The Labute approximate surface area is 95.0 Å². The first-order valence-electron chi connectivity index (χ1n) is 5.50. The van der Waals surface area contributed by atoms with Crippen molar-refractivity contribution in [3.8, 4) is 5.75 Å². The van der Waals surface area contributed by atoms with Gasteiger partial charge in [0.25, 0.3) is 0 Å². The van der Waals surface area contributed by atoms with Crippen molar-refractivity contribution in [3.05, 3.63) is 24.3 Å². The molecule has 88 valence electrons. The molecule has 0 bridgehead atoms. The Morgan fingerprint density at radius 3 is 3.00 bits per heavy atom. The number of methoxy groups -OCH3 is 1. The number of halogens is 1. The standard InChI is InChI=1S/C12H17FN2O/c1-16-11-5-3-2-4-10(11)15-9-12(13)6-7-14-8-12/h2-5,14-15H,6-9H2,1H3. The van der Waals surface area contributed by atoms with Crippen molar-refractivity contribution < 1.29 is 9.13 Å². The number of hydrogen-bond acceptors (Lipinski definition) is 3. The van der Waals surface area contributed by atoms with Gasteiger partial charge in [-0.05, 0) is 25.1 Å². The van der Waals surface area contributed by atoms with Crippen molar-refractivity contribution in [2.24, 2.45) is 0 Å². The minimum absolute atomic E-state index is 0.320. The fourth-order valence-electron chi connectivity index (χ4n) is 1.91. The van der Waals surface area contributed by atoms with E-state index in [1.165, 1.54) is 0 Å². The molecule has 0 saturated carbocycles. The lowest BCUT2D eigenvalue weighted by Gasteiger charge is -2.20. The predicted octanol–water partition coefficient (Wildman–Crippen LogP) is 1.81. The zero-order chi connectivity index (χ0) is 11.4.